The van der Waals surface area contributed by atoms with Crippen molar-refractivity contribution >= 4 is 0 Å². The number of benzene rings is 1. The molecule has 1 aromatic carbocycles. The number of hydrogen-bond donors (Lipinski definition) is 2. The summed E-state index contributed by atoms with van der Waals surface area (Å²) in [5.74, 6) is 0.470. The van der Waals surface area contributed by atoms with Gasteiger partial charge in [-0.1, -0.05) is 17.3 Å². The molecule has 0 bridgehead atoms. The van der Waals surface area contributed by atoms with E-state index in [-0.39, 0.29) is 12.1 Å². The number of aliphatic hydroxyl groups excluding tert-OH is 1. The van der Waals surface area contributed by atoms with Crippen LogP contribution in [0.2, 0.25) is 0 Å². The van der Waals surface area contributed by atoms with E-state index in [1.807, 2.05) is 24.3 Å². The smallest absolute Gasteiger partial charge is 0.162 e. The highest BCUT2D eigenvalue weighted by molar-refractivity contribution is 5.31. The normalized spacial score (nSPS) is 16.0. The average Bonchev–Trinajstić information content (AvgIpc) is 2.98. The molecule has 2 N–H and O–H groups in total. The van der Waals surface area contributed by atoms with E-state index in [4.69, 9.17) is 19.6 Å². The van der Waals surface area contributed by atoms with Gasteiger partial charge in [-0.15, -0.1) is 0 Å². The zero-order valence-electron chi connectivity index (χ0n) is 12.1. The van der Waals surface area contributed by atoms with E-state index in [1.165, 1.54) is 0 Å². The SMILES string of the molecule is N#Cc1ccc(CNC2(Cc3cc(CO)on3)COC2)cc1. The number of aromatic nitrogens is 1. The Bertz CT molecular complexity index is 669. The molecule has 0 aliphatic carbocycles. The first-order valence-electron chi connectivity index (χ1n) is 7.10. The molecule has 1 aliphatic heterocycles. The number of nitrogens with one attached hydrogen (secondary N) is 1. The molecule has 0 atom stereocenters. The van der Waals surface area contributed by atoms with Gasteiger partial charge < -0.3 is 19.7 Å². The minimum Gasteiger partial charge on any atom is -0.388 e. The van der Waals surface area contributed by atoms with Gasteiger partial charge in [0.2, 0.25) is 0 Å². The molecule has 1 aromatic heterocycles. The van der Waals surface area contributed by atoms with Gasteiger partial charge in [-0.2, -0.15) is 5.26 Å². The van der Waals surface area contributed by atoms with Crippen molar-refractivity contribution in [3.8, 4) is 6.07 Å². The van der Waals surface area contributed by atoms with Crippen LogP contribution >= 0.6 is 0 Å². The van der Waals surface area contributed by atoms with Crippen LogP contribution in [0.25, 0.3) is 0 Å². The van der Waals surface area contributed by atoms with Gasteiger partial charge in [-0.05, 0) is 17.7 Å². The lowest BCUT2D eigenvalue weighted by molar-refractivity contribution is -0.0755. The molecule has 114 valence electrons. The number of hydrogen-bond acceptors (Lipinski definition) is 6. The fourth-order valence-corrected chi connectivity index (χ4v) is 2.46. The van der Waals surface area contributed by atoms with Crippen molar-refractivity contribution in [3.63, 3.8) is 0 Å². The van der Waals surface area contributed by atoms with Crippen LogP contribution in [-0.4, -0.2) is 29.0 Å². The van der Waals surface area contributed by atoms with Crippen LogP contribution in [0.4, 0.5) is 0 Å². The molecule has 1 aliphatic rings. The second-order valence-electron chi connectivity index (χ2n) is 5.55. The fraction of sp³-hybridized carbons (Fsp3) is 0.375. The van der Waals surface area contributed by atoms with Gasteiger partial charge in [-0.3, -0.25) is 0 Å². The predicted octanol–water partition coefficient (Wildman–Crippen LogP) is 1.14. The average molecular weight is 299 g/mol. The van der Waals surface area contributed by atoms with E-state index in [0.29, 0.717) is 37.5 Å². The van der Waals surface area contributed by atoms with Crippen molar-refractivity contribution in [2.24, 2.45) is 0 Å². The van der Waals surface area contributed by atoms with Crippen LogP contribution in [0.1, 0.15) is 22.6 Å². The maximum Gasteiger partial charge on any atom is 0.162 e. The number of ether oxygens (including phenoxy) is 1. The summed E-state index contributed by atoms with van der Waals surface area (Å²) in [7, 11) is 0. The first-order valence-corrected chi connectivity index (χ1v) is 7.10. The summed E-state index contributed by atoms with van der Waals surface area (Å²) in [6.45, 7) is 1.78. The van der Waals surface area contributed by atoms with Gasteiger partial charge >= 0.3 is 0 Å². The van der Waals surface area contributed by atoms with Crippen LogP contribution < -0.4 is 5.32 Å². The lowest BCUT2D eigenvalue weighted by Gasteiger charge is -2.42. The zero-order chi connectivity index (χ0) is 15.4. The molecular formula is C16H17N3O3. The van der Waals surface area contributed by atoms with Gasteiger partial charge in [0.15, 0.2) is 5.76 Å². The quantitative estimate of drug-likeness (QED) is 0.831. The Morgan fingerprint density at radius 3 is 2.64 bits per heavy atom. The second kappa shape index (κ2) is 6.28. The van der Waals surface area contributed by atoms with Crippen molar-refractivity contribution in [1.29, 1.82) is 5.26 Å². The Labute approximate surface area is 128 Å². The third-order valence-electron chi connectivity index (χ3n) is 3.79. The molecule has 0 saturated carbocycles. The third-order valence-corrected chi connectivity index (χ3v) is 3.79. The molecule has 0 spiro atoms. The molecule has 1 fully saturated rings. The highest BCUT2D eigenvalue weighted by Crippen LogP contribution is 2.23. The molecule has 6 heteroatoms. The molecular weight excluding hydrogens is 282 g/mol. The molecule has 22 heavy (non-hydrogen) atoms. The van der Waals surface area contributed by atoms with Crippen LogP contribution in [0.3, 0.4) is 0 Å². The van der Waals surface area contributed by atoms with Crippen molar-refractivity contribution < 1.29 is 14.4 Å². The first-order chi connectivity index (χ1) is 10.7. The Morgan fingerprint density at radius 1 is 1.32 bits per heavy atom. The third kappa shape index (κ3) is 3.17. The molecule has 2 aromatic rings. The summed E-state index contributed by atoms with van der Waals surface area (Å²) in [4.78, 5) is 0. The number of nitrogens with zero attached hydrogens (tertiary/aromatic N) is 2. The standard InChI is InChI=1S/C16H17N3O3/c17-7-12-1-3-13(4-2-12)8-18-16(10-21-11-16)6-14-5-15(9-20)22-19-14/h1-5,18,20H,6,8-11H2. The zero-order valence-corrected chi connectivity index (χ0v) is 12.1. The molecule has 1 saturated heterocycles. The molecule has 0 radical (unpaired) electrons. The van der Waals surface area contributed by atoms with Gasteiger partial charge in [0.25, 0.3) is 0 Å². The molecule has 0 amide bonds. The Kier molecular flexibility index (Phi) is 4.20. The van der Waals surface area contributed by atoms with E-state index in [1.54, 1.807) is 6.07 Å². The molecule has 6 nitrogen and oxygen atoms in total. The maximum absolute atomic E-state index is 9.02. The van der Waals surface area contributed by atoms with E-state index >= 15 is 0 Å². The monoisotopic (exact) mass is 299 g/mol. The highest BCUT2D eigenvalue weighted by Gasteiger charge is 2.39. The first kappa shape index (κ1) is 14.7. The Morgan fingerprint density at radius 2 is 2.09 bits per heavy atom. The predicted molar refractivity (Wildman–Crippen MR) is 77.7 cm³/mol. The summed E-state index contributed by atoms with van der Waals surface area (Å²) in [6.07, 6.45) is 0.687. The Hall–Kier alpha value is -2.20. The molecule has 2 heterocycles. The largest absolute Gasteiger partial charge is 0.388 e. The van der Waals surface area contributed by atoms with Crippen molar-refractivity contribution in [1.82, 2.24) is 10.5 Å². The van der Waals surface area contributed by atoms with Gasteiger partial charge in [0.1, 0.15) is 6.61 Å². The lowest BCUT2D eigenvalue weighted by Crippen LogP contribution is -2.61. The van der Waals surface area contributed by atoms with Gasteiger partial charge in [0.05, 0.1) is 36.1 Å². The summed E-state index contributed by atoms with van der Waals surface area (Å²) in [5.41, 5.74) is 2.42. The van der Waals surface area contributed by atoms with E-state index in [9.17, 15) is 0 Å². The fourth-order valence-electron chi connectivity index (χ4n) is 2.46. The molecule has 0 unspecified atom stereocenters. The van der Waals surface area contributed by atoms with Gasteiger partial charge in [-0.25, -0.2) is 0 Å². The maximum atomic E-state index is 9.02. The van der Waals surface area contributed by atoms with Crippen molar-refractivity contribution in [2.45, 2.75) is 25.1 Å². The Balaban J connectivity index is 1.62. The van der Waals surface area contributed by atoms with E-state index in [0.717, 1.165) is 11.3 Å². The van der Waals surface area contributed by atoms with Crippen LogP contribution in [0, 0.1) is 11.3 Å². The minimum atomic E-state index is -0.155. The topological polar surface area (TPSA) is 91.3 Å². The van der Waals surface area contributed by atoms with Crippen LogP contribution in [0.5, 0.6) is 0 Å². The minimum absolute atomic E-state index is 0.144. The number of nitriles is 1. The van der Waals surface area contributed by atoms with Crippen molar-refractivity contribution in [3.05, 3.63) is 52.9 Å². The summed E-state index contributed by atoms with van der Waals surface area (Å²) >= 11 is 0. The summed E-state index contributed by atoms with van der Waals surface area (Å²) in [5, 5.41) is 25.3. The molecule has 3 rings (SSSR count). The summed E-state index contributed by atoms with van der Waals surface area (Å²) < 4.78 is 10.4. The van der Waals surface area contributed by atoms with Crippen LogP contribution in [-0.2, 0) is 24.3 Å². The second-order valence-corrected chi connectivity index (χ2v) is 5.55. The van der Waals surface area contributed by atoms with Crippen molar-refractivity contribution in [2.75, 3.05) is 13.2 Å². The highest BCUT2D eigenvalue weighted by atomic mass is 16.5. The van der Waals surface area contributed by atoms with E-state index in [2.05, 4.69) is 16.5 Å². The lowest BCUT2D eigenvalue weighted by atomic mass is 9.91. The van der Waals surface area contributed by atoms with Crippen LogP contribution in [0.15, 0.2) is 34.9 Å². The number of aliphatic hydroxyl groups is 1. The number of rotatable bonds is 6. The summed E-state index contributed by atoms with van der Waals surface area (Å²) in [6, 6.07) is 11.4. The van der Waals surface area contributed by atoms with Gasteiger partial charge in [0, 0.05) is 19.0 Å². The van der Waals surface area contributed by atoms with E-state index < -0.39 is 0 Å².